The molecule has 0 spiro atoms. The average Bonchev–Trinajstić information content (AvgIpc) is 2.81. The molecule has 0 radical (unpaired) electrons. The predicted molar refractivity (Wildman–Crippen MR) is 85.7 cm³/mol. The topological polar surface area (TPSA) is 70.4 Å². The highest BCUT2D eigenvalue weighted by molar-refractivity contribution is 5.74. The number of β-amino-alcohol motifs (C(OH)–C–C–N with tert-alkyl or cyclic N) is 1. The number of aliphatic hydroxyl groups excluding tert-OH is 1. The van der Waals surface area contributed by atoms with Crippen LogP contribution in [0.15, 0.2) is 6.20 Å². The smallest absolute Gasteiger partial charge is 0.317 e. The van der Waals surface area contributed by atoms with Crippen LogP contribution in [-0.2, 0) is 5.54 Å². The Morgan fingerprint density at radius 1 is 1.50 bits per heavy atom. The van der Waals surface area contributed by atoms with Crippen molar-refractivity contribution >= 4 is 6.03 Å². The molecule has 6 heteroatoms. The lowest BCUT2D eigenvalue weighted by atomic mass is 10.1. The summed E-state index contributed by atoms with van der Waals surface area (Å²) >= 11 is 0. The first-order chi connectivity index (χ1) is 10.2. The molecule has 6 nitrogen and oxygen atoms in total. The van der Waals surface area contributed by atoms with Crippen molar-refractivity contribution in [1.29, 1.82) is 0 Å². The van der Waals surface area contributed by atoms with Gasteiger partial charge < -0.3 is 15.3 Å². The number of aliphatic hydroxyl groups is 1. The fourth-order valence-electron chi connectivity index (χ4n) is 2.74. The third-order valence-electron chi connectivity index (χ3n) is 4.11. The van der Waals surface area contributed by atoms with Crippen LogP contribution in [0.5, 0.6) is 0 Å². The summed E-state index contributed by atoms with van der Waals surface area (Å²) in [4.78, 5) is 14.0. The standard InChI is InChI=1S/C16H28N4O2/c1-11(14-10-20(16(3,4)5)18-12(14)2)17-15(22)19-8-6-7-13(21)9-19/h10-11,13,21H,6-9H2,1-5H3,(H,17,22)/t11-,13+/m1/s1. The summed E-state index contributed by atoms with van der Waals surface area (Å²) in [5.74, 6) is 0. The molecule has 1 aromatic heterocycles. The Bertz CT molecular complexity index is 533. The summed E-state index contributed by atoms with van der Waals surface area (Å²) in [7, 11) is 0. The lowest BCUT2D eigenvalue weighted by Gasteiger charge is -2.31. The van der Waals surface area contributed by atoms with Crippen LogP contribution in [0.4, 0.5) is 4.79 Å². The summed E-state index contributed by atoms with van der Waals surface area (Å²) in [6, 6.07) is -0.225. The van der Waals surface area contributed by atoms with E-state index in [4.69, 9.17) is 0 Å². The van der Waals surface area contributed by atoms with Crippen LogP contribution in [-0.4, -0.2) is 45.0 Å². The number of amides is 2. The van der Waals surface area contributed by atoms with Crippen molar-refractivity contribution in [2.24, 2.45) is 0 Å². The maximum Gasteiger partial charge on any atom is 0.317 e. The number of nitrogens with one attached hydrogen (secondary N) is 1. The van der Waals surface area contributed by atoms with Crippen LogP contribution >= 0.6 is 0 Å². The molecular weight excluding hydrogens is 280 g/mol. The van der Waals surface area contributed by atoms with Gasteiger partial charge in [-0.05, 0) is 47.5 Å². The molecule has 0 bridgehead atoms. The average molecular weight is 308 g/mol. The highest BCUT2D eigenvalue weighted by Crippen LogP contribution is 2.21. The molecule has 22 heavy (non-hydrogen) atoms. The van der Waals surface area contributed by atoms with Gasteiger partial charge in [-0.1, -0.05) is 0 Å². The highest BCUT2D eigenvalue weighted by atomic mass is 16.3. The fraction of sp³-hybridized carbons (Fsp3) is 0.750. The lowest BCUT2D eigenvalue weighted by Crippen LogP contribution is -2.47. The van der Waals surface area contributed by atoms with Gasteiger partial charge >= 0.3 is 6.03 Å². The first kappa shape index (κ1) is 16.8. The number of urea groups is 1. The maximum absolute atomic E-state index is 12.3. The van der Waals surface area contributed by atoms with Gasteiger partial charge in [0.15, 0.2) is 0 Å². The van der Waals surface area contributed by atoms with E-state index in [-0.39, 0.29) is 17.6 Å². The molecule has 2 atom stereocenters. The van der Waals surface area contributed by atoms with E-state index < -0.39 is 6.10 Å². The van der Waals surface area contributed by atoms with Gasteiger partial charge in [-0.15, -0.1) is 0 Å². The molecule has 1 aliphatic rings. The monoisotopic (exact) mass is 308 g/mol. The van der Waals surface area contributed by atoms with E-state index in [1.54, 1.807) is 4.90 Å². The number of piperidine rings is 1. The molecule has 0 aromatic carbocycles. The minimum absolute atomic E-state index is 0.0796. The minimum atomic E-state index is -0.403. The van der Waals surface area contributed by atoms with E-state index in [0.29, 0.717) is 13.1 Å². The number of rotatable bonds is 2. The number of likely N-dealkylation sites (tertiary alicyclic amines) is 1. The van der Waals surface area contributed by atoms with E-state index in [1.165, 1.54) is 0 Å². The molecule has 2 amide bonds. The molecular formula is C16H28N4O2. The Labute approximate surface area is 132 Å². The highest BCUT2D eigenvalue weighted by Gasteiger charge is 2.25. The number of aromatic nitrogens is 2. The van der Waals surface area contributed by atoms with Gasteiger partial charge in [0.25, 0.3) is 0 Å². The number of nitrogens with zero attached hydrogens (tertiary/aromatic N) is 3. The molecule has 0 aliphatic carbocycles. The Hall–Kier alpha value is -1.56. The number of aryl methyl sites for hydroxylation is 1. The number of carbonyl (C=O) groups is 1. The van der Waals surface area contributed by atoms with Crippen molar-refractivity contribution in [2.45, 2.75) is 65.1 Å². The minimum Gasteiger partial charge on any atom is -0.391 e. The number of hydrogen-bond donors (Lipinski definition) is 2. The molecule has 0 saturated carbocycles. The Balaban J connectivity index is 2.04. The zero-order chi connectivity index (χ0) is 16.5. The van der Waals surface area contributed by atoms with Crippen molar-refractivity contribution in [2.75, 3.05) is 13.1 Å². The second-order valence-corrected chi connectivity index (χ2v) is 7.20. The van der Waals surface area contributed by atoms with Crippen molar-refractivity contribution in [1.82, 2.24) is 20.0 Å². The Morgan fingerprint density at radius 3 is 2.73 bits per heavy atom. The largest absolute Gasteiger partial charge is 0.391 e. The third kappa shape index (κ3) is 3.80. The third-order valence-corrected chi connectivity index (χ3v) is 4.11. The number of carbonyl (C=O) groups excluding carboxylic acids is 1. The van der Waals surface area contributed by atoms with Crippen LogP contribution in [0.25, 0.3) is 0 Å². The molecule has 1 fully saturated rings. The van der Waals surface area contributed by atoms with Crippen molar-refractivity contribution in [3.63, 3.8) is 0 Å². The van der Waals surface area contributed by atoms with E-state index in [9.17, 15) is 9.90 Å². The van der Waals surface area contributed by atoms with Gasteiger partial charge in [0.05, 0.1) is 23.4 Å². The zero-order valence-electron chi connectivity index (χ0n) is 14.3. The van der Waals surface area contributed by atoms with Crippen LogP contribution in [0, 0.1) is 6.92 Å². The van der Waals surface area contributed by atoms with E-state index in [0.717, 1.165) is 24.1 Å². The Kier molecular flexibility index (Phi) is 4.80. The molecule has 1 aromatic rings. The molecule has 124 valence electrons. The van der Waals surface area contributed by atoms with E-state index in [1.807, 2.05) is 24.7 Å². The van der Waals surface area contributed by atoms with Gasteiger partial charge in [0.1, 0.15) is 0 Å². The molecule has 2 heterocycles. The second kappa shape index (κ2) is 6.28. The van der Waals surface area contributed by atoms with E-state index >= 15 is 0 Å². The van der Waals surface area contributed by atoms with Gasteiger partial charge in [-0.2, -0.15) is 5.10 Å². The normalized spacial score (nSPS) is 20.8. The molecule has 2 N–H and O–H groups in total. The fourth-order valence-corrected chi connectivity index (χ4v) is 2.74. The first-order valence-corrected chi connectivity index (χ1v) is 7.98. The summed E-state index contributed by atoms with van der Waals surface area (Å²) < 4.78 is 1.94. The molecule has 1 aliphatic heterocycles. The van der Waals surface area contributed by atoms with Crippen LogP contribution in [0.2, 0.25) is 0 Å². The molecule has 2 rings (SSSR count). The zero-order valence-corrected chi connectivity index (χ0v) is 14.3. The summed E-state index contributed by atoms with van der Waals surface area (Å²) in [6.07, 6.45) is 3.23. The summed E-state index contributed by atoms with van der Waals surface area (Å²) in [6.45, 7) is 11.3. The van der Waals surface area contributed by atoms with Crippen LogP contribution < -0.4 is 5.32 Å². The molecule has 0 unspecified atom stereocenters. The van der Waals surface area contributed by atoms with Gasteiger partial charge in [0, 0.05) is 24.8 Å². The van der Waals surface area contributed by atoms with Crippen molar-refractivity contribution in [3.05, 3.63) is 17.5 Å². The lowest BCUT2D eigenvalue weighted by molar-refractivity contribution is 0.0835. The van der Waals surface area contributed by atoms with Crippen molar-refractivity contribution in [3.8, 4) is 0 Å². The summed E-state index contributed by atoms with van der Waals surface area (Å²) in [5, 5.41) is 17.2. The van der Waals surface area contributed by atoms with Crippen LogP contribution in [0.3, 0.4) is 0 Å². The van der Waals surface area contributed by atoms with Gasteiger partial charge in [-0.3, -0.25) is 4.68 Å². The maximum atomic E-state index is 12.3. The first-order valence-electron chi connectivity index (χ1n) is 7.98. The van der Waals surface area contributed by atoms with Crippen molar-refractivity contribution < 1.29 is 9.90 Å². The SMILES string of the molecule is Cc1nn(C(C)(C)C)cc1[C@@H](C)NC(=O)N1CCC[C@H](O)C1. The van der Waals surface area contributed by atoms with Crippen LogP contribution in [0.1, 0.15) is 57.8 Å². The van der Waals surface area contributed by atoms with Gasteiger partial charge in [0.2, 0.25) is 0 Å². The number of hydrogen-bond acceptors (Lipinski definition) is 3. The van der Waals surface area contributed by atoms with E-state index in [2.05, 4.69) is 31.2 Å². The predicted octanol–water partition coefficient (Wildman–Crippen LogP) is 2.17. The quantitative estimate of drug-likeness (QED) is 0.879. The second-order valence-electron chi connectivity index (χ2n) is 7.20. The van der Waals surface area contributed by atoms with Gasteiger partial charge in [-0.25, -0.2) is 4.79 Å². The summed E-state index contributed by atoms with van der Waals surface area (Å²) in [5.41, 5.74) is 1.88. The molecule has 1 saturated heterocycles. The Morgan fingerprint density at radius 2 is 2.18 bits per heavy atom.